The lowest BCUT2D eigenvalue weighted by molar-refractivity contribution is -0.136. The smallest absolute Gasteiger partial charge is 0.308 e. The van der Waals surface area contributed by atoms with Crippen LogP contribution in [0, 0.1) is 0 Å². The third kappa shape index (κ3) is 5.09. The summed E-state index contributed by atoms with van der Waals surface area (Å²) in [4.78, 5) is 10.1. The molecule has 0 bridgehead atoms. The first kappa shape index (κ1) is 10.8. The van der Waals surface area contributed by atoms with E-state index in [1.54, 1.807) is 0 Å². The maximum atomic E-state index is 11.2. The van der Waals surface area contributed by atoms with Gasteiger partial charge in [0.1, 0.15) is 10.5 Å². The molecule has 0 aromatic heterocycles. The molecule has 0 aromatic carbocycles. The Bertz CT molecular complexity index is 139. The Morgan fingerprint density at radius 1 is 1.55 bits per heavy atom. The first-order chi connectivity index (χ1) is 4.84. The highest BCUT2D eigenvalue weighted by atomic mass is 32.2. The van der Waals surface area contributed by atoms with Gasteiger partial charge in [-0.05, 0) is 31.9 Å². The van der Waals surface area contributed by atoms with E-state index in [1.807, 2.05) is 20.8 Å². The second kappa shape index (κ2) is 3.97. The zero-order chi connectivity index (χ0) is 9.07. The quantitative estimate of drug-likeness (QED) is 0.656. The molecule has 66 valence electrons. The molecule has 0 rings (SSSR count). The molecule has 0 aromatic rings. The van der Waals surface area contributed by atoms with E-state index >= 15 is 0 Å². The topological polar surface area (TPSA) is 60.4 Å². The second-order valence-electron chi connectivity index (χ2n) is 3.31. The van der Waals surface area contributed by atoms with Crippen molar-refractivity contribution in [3.05, 3.63) is 0 Å². The van der Waals surface area contributed by atoms with Crippen molar-refractivity contribution in [3.8, 4) is 0 Å². The van der Waals surface area contributed by atoms with Gasteiger partial charge in [0, 0.05) is 0 Å². The minimum absolute atomic E-state index is 0.0100. The average molecular weight is 178 g/mol. The fourth-order valence-electron chi connectivity index (χ4n) is 0.486. The Hall–Kier alpha value is -0.220. The molecular weight excluding hydrogens is 164 g/mol. The Morgan fingerprint density at radius 2 is 2.00 bits per heavy atom. The lowest BCUT2D eigenvalue weighted by Crippen LogP contribution is -2.31. The van der Waals surface area contributed by atoms with Crippen molar-refractivity contribution in [2.75, 3.05) is 5.75 Å². The van der Waals surface area contributed by atoms with Gasteiger partial charge in [-0.2, -0.15) is 0 Å². The Balaban J connectivity index is 3.70. The summed E-state index contributed by atoms with van der Waals surface area (Å²) in [5.74, 6) is -0.638. The summed E-state index contributed by atoms with van der Waals surface area (Å²) >= 11 is -1.04. The van der Waals surface area contributed by atoms with Crippen LogP contribution in [-0.4, -0.2) is 26.1 Å². The number of hydrogen-bond acceptors (Lipinski definition) is 2. The van der Waals surface area contributed by atoms with Gasteiger partial charge in [-0.3, -0.25) is 4.79 Å². The molecule has 0 amide bonds. The summed E-state index contributed by atoms with van der Waals surface area (Å²) in [6.07, 6.45) is -0.0100. The van der Waals surface area contributed by atoms with Gasteiger partial charge in [0.05, 0.1) is 6.42 Å². The van der Waals surface area contributed by atoms with Gasteiger partial charge in [-0.25, -0.2) is 0 Å². The molecule has 0 heterocycles. The first-order valence-corrected chi connectivity index (χ1v) is 4.76. The lowest BCUT2D eigenvalue weighted by Gasteiger charge is -2.23. The number of rotatable bonds is 3. The second-order valence-corrected chi connectivity index (χ2v) is 5.63. The fourth-order valence-corrected chi connectivity index (χ4v) is 1.46. The SMILES string of the molecule is CC(C)(C)[S+]([O-])CCC(=O)O. The summed E-state index contributed by atoms with van der Waals surface area (Å²) in [6.45, 7) is 5.51. The largest absolute Gasteiger partial charge is 0.616 e. The van der Waals surface area contributed by atoms with Crippen molar-refractivity contribution in [2.24, 2.45) is 0 Å². The van der Waals surface area contributed by atoms with Crippen LogP contribution in [0.5, 0.6) is 0 Å². The van der Waals surface area contributed by atoms with E-state index in [-0.39, 0.29) is 16.9 Å². The van der Waals surface area contributed by atoms with E-state index in [1.165, 1.54) is 0 Å². The van der Waals surface area contributed by atoms with Gasteiger partial charge in [0.2, 0.25) is 0 Å². The van der Waals surface area contributed by atoms with Crippen LogP contribution in [0.4, 0.5) is 0 Å². The van der Waals surface area contributed by atoms with E-state index in [2.05, 4.69) is 0 Å². The van der Waals surface area contributed by atoms with Gasteiger partial charge in [-0.15, -0.1) is 0 Å². The number of hydrogen-bond donors (Lipinski definition) is 1. The third-order valence-electron chi connectivity index (χ3n) is 1.18. The standard InChI is InChI=1S/C7H14O3S/c1-7(2,3)11(10)5-4-6(8)9/h4-5H2,1-3H3,(H,8,9). The monoisotopic (exact) mass is 178 g/mol. The van der Waals surface area contributed by atoms with E-state index in [9.17, 15) is 9.35 Å². The Kier molecular flexibility index (Phi) is 3.89. The van der Waals surface area contributed by atoms with Crippen LogP contribution in [0.1, 0.15) is 27.2 Å². The van der Waals surface area contributed by atoms with Crippen molar-refractivity contribution < 1.29 is 14.5 Å². The van der Waals surface area contributed by atoms with Crippen LogP contribution < -0.4 is 0 Å². The number of carboxylic acids is 1. The zero-order valence-electron chi connectivity index (χ0n) is 7.09. The van der Waals surface area contributed by atoms with Crippen molar-refractivity contribution in [1.29, 1.82) is 0 Å². The molecule has 0 aliphatic rings. The predicted molar refractivity (Wildman–Crippen MR) is 45.0 cm³/mol. The van der Waals surface area contributed by atoms with Gasteiger partial charge < -0.3 is 9.66 Å². The molecule has 0 spiro atoms. The lowest BCUT2D eigenvalue weighted by atomic mass is 10.3. The average Bonchev–Trinajstić information content (AvgIpc) is 1.80. The minimum Gasteiger partial charge on any atom is -0.616 e. The van der Waals surface area contributed by atoms with Crippen molar-refractivity contribution >= 4 is 17.1 Å². The maximum absolute atomic E-state index is 11.2. The molecule has 0 aliphatic heterocycles. The van der Waals surface area contributed by atoms with E-state index in [4.69, 9.17) is 5.11 Å². The normalized spacial score (nSPS) is 14.5. The summed E-state index contributed by atoms with van der Waals surface area (Å²) < 4.78 is 10.9. The molecule has 1 atom stereocenters. The highest BCUT2D eigenvalue weighted by Gasteiger charge is 2.25. The first-order valence-electron chi connectivity index (χ1n) is 3.44. The van der Waals surface area contributed by atoms with Crippen molar-refractivity contribution in [3.63, 3.8) is 0 Å². The summed E-state index contributed by atoms with van der Waals surface area (Å²) in [5, 5.41) is 8.29. The zero-order valence-corrected chi connectivity index (χ0v) is 7.90. The molecule has 0 saturated carbocycles. The number of aliphatic carboxylic acids is 1. The third-order valence-corrected chi connectivity index (χ3v) is 3.13. The van der Waals surface area contributed by atoms with Crippen LogP contribution in [0.15, 0.2) is 0 Å². The Labute approximate surface area is 70.0 Å². The molecule has 4 heteroatoms. The molecule has 3 nitrogen and oxygen atoms in total. The minimum atomic E-state index is -1.04. The molecule has 0 aliphatic carbocycles. The van der Waals surface area contributed by atoms with Crippen LogP contribution in [0.2, 0.25) is 0 Å². The fraction of sp³-hybridized carbons (Fsp3) is 0.857. The van der Waals surface area contributed by atoms with Crippen LogP contribution in [-0.2, 0) is 16.0 Å². The molecular formula is C7H14O3S. The van der Waals surface area contributed by atoms with Crippen LogP contribution in [0.3, 0.4) is 0 Å². The molecule has 1 unspecified atom stereocenters. The molecule has 0 radical (unpaired) electrons. The number of carboxylic acid groups (broad SMARTS) is 1. The van der Waals surface area contributed by atoms with Gasteiger partial charge in [0.15, 0.2) is 0 Å². The summed E-state index contributed by atoms with van der Waals surface area (Å²) in [5.41, 5.74) is 0. The van der Waals surface area contributed by atoms with E-state index < -0.39 is 17.1 Å². The summed E-state index contributed by atoms with van der Waals surface area (Å²) in [7, 11) is 0. The molecule has 0 saturated heterocycles. The maximum Gasteiger partial charge on any atom is 0.308 e. The predicted octanol–water partition coefficient (Wildman–Crippen LogP) is 1.01. The Morgan fingerprint density at radius 3 is 2.27 bits per heavy atom. The van der Waals surface area contributed by atoms with Crippen LogP contribution in [0.25, 0.3) is 0 Å². The molecule has 0 fully saturated rings. The molecule has 11 heavy (non-hydrogen) atoms. The van der Waals surface area contributed by atoms with E-state index in [0.29, 0.717) is 0 Å². The van der Waals surface area contributed by atoms with Gasteiger partial charge in [0.25, 0.3) is 0 Å². The highest BCUT2D eigenvalue weighted by Crippen LogP contribution is 2.16. The van der Waals surface area contributed by atoms with Gasteiger partial charge >= 0.3 is 5.97 Å². The van der Waals surface area contributed by atoms with Gasteiger partial charge in [-0.1, -0.05) is 0 Å². The van der Waals surface area contributed by atoms with Crippen LogP contribution >= 0.6 is 0 Å². The van der Waals surface area contributed by atoms with Crippen molar-refractivity contribution in [1.82, 2.24) is 0 Å². The number of carbonyl (C=O) groups is 1. The van der Waals surface area contributed by atoms with E-state index in [0.717, 1.165) is 0 Å². The molecule has 1 N–H and O–H groups in total. The highest BCUT2D eigenvalue weighted by molar-refractivity contribution is 7.92. The summed E-state index contributed by atoms with van der Waals surface area (Å²) in [6, 6.07) is 0. The van der Waals surface area contributed by atoms with Crippen molar-refractivity contribution in [2.45, 2.75) is 31.9 Å².